The number of carbonyl (C=O) groups excluding carboxylic acids is 2. The Kier molecular flexibility index (Phi) is 5.63. The molecule has 0 atom stereocenters. The van der Waals surface area contributed by atoms with Crippen molar-refractivity contribution >= 4 is 17.5 Å². The van der Waals surface area contributed by atoms with Gasteiger partial charge in [0.25, 0.3) is 5.91 Å². The number of anilines is 1. The zero-order valence-electron chi connectivity index (χ0n) is 12.3. The van der Waals surface area contributed by atoms with Crippen molar-refractivity contribution in [3.05, 3.63) is 29.3 Å². The summed E-state index contributed by atoms with van der Waals surface area (Å²) >= 11 is 0. The van der Waals surface area contributed by atoms with Crippen LogP contribution in [0.25, 0.3) is 0 Å². The number of likely N-dealkylation sites (N-methyl/N-ethyl adjacent to an activating group) is 2. The molecule has 0 heterocycles. The van der Waals surface area contributed by atoms with Crippen LogP contribution in [0.4, 0.5) is 14.5 Å². The number of nitrogens with two attached hydrogens (primary N) is 1. The number of nitrogen functional groups attached to an aromatic ring is 1. The van der Waals surface area contributed by atoms with E-state index in [1.807, 2.05) is 13.8 Å². The summed E-state index contributed by atoms with van der Waals surface area (Å²) in [6.07, 6.45) is 0. The van der Waals surface area contributed by atoms with Crippen LogP contribution in [0.1, 0.15) is 24.2 Å². The van der Waals surface area contributed by atoms with Crippen LogP contribution in [0.5, 0.6) is 0 Å². The van der Waals surface area contributed by atoms with Crippen molar-refractivity contribution in [1.82, 2.24) is 9.80 Å². The van der Waals surface area contributed by atoms with Crippen molar-refractivity contribution in [3.63, 3.8) is 0 Å². The fourth-order valence-electron chi connectivity index (χ4n) is 1.89. The molecule has 0 aromatic heterocycles. The average Bonchev–Trinajstić information content (AvgIpc) is 2.43. The molecule has 7 heteroatoms. The highest BCUT2D eigenvalue weighted by atomic mass is 19.1. The lowest BCUT2D eigenvalue weighted by molar-refractivity contribution is -0.131. The van der Waals surface area contributed by atoms with Gasteiger partial charge in [-0.1, -0.05) is 0 Å². The molecular weight excluding hydrogens is 280 g/mol. The molecule has 1 aromatic rings. The van der Waals surface area contributed by atoms with Crippen LogP contribution in [0.15, 0.2) is 12.1 Å². The van der Waals surface area contributed by atoms with Crippen LogP contribution >= 0.6 is 0 Å². The van der Waals surface area contributed by atoms with Gasteiger partial charge < -0.3 is 15.5 Å². The Hall–Kier alpha value is -2.18. The van der Waals surface area contributed by atoms with E-state index in [4.69, 9.17) is 5.73 Å². The molecule has 0 bridgehead atoms. The maximum absolute atomic E-state index is 13.6. The molecule has 2 amide bonds. The van der Waals surface area contributed by atoms with Crippen molar-refractivity contribution in [2.24, 2.45) is 0 Å². The molecule has 0 unspecified atom stereocenters. The zero-order chi connectivity index (χ0) is 16.2. The lowest BCUT2D eigenvalue weighted by Gasteiger charge is -2.23. The maximum atomic E-state index is 13.6. The Balaban J connectivity index is 2.89. The molecule has 21 heavy (non-hydrogen) atoms. The number of benzene rings is 1. The highest BCUT2D eigenvalue weighted by Gasteiger charge is 2.21. The first-order valence-electron chi connectivity index (χ1n) is 6.59. The van der Waals surface area contributed by atoms with Crippen LogP contribution < -0.4 is 5.73 Å². The van der Waals surface area contributed by atoms with Crippen molar-refractivity contribution in [1.29, 1.82) is 0 Å². The van der Waals surface area contributed by atoms with E-state index in [1.54, 1.807) is 4.90 Å². The molecule has 1 rings (SSSR count). The van der Waals surface area contributed by atoms with Crippen molar-refractivity contribution in [2.45, 2.75) is 13.8 Å². The second-order valence-electron chi connectivity index (χ2n) is 4.58. The Bertz CT molecular complexity index is 545. The molecule has 2 N–H and O–H groups in total. The van der Waals surface area contributed by atoms with Gasteiger partial charge in [0.2, 0.25) is 5.91 Å². The number of rotatable bonds is 5. The largest absolute Gasteiger partial charge is 0.396 e. The predicted molar refractivity (Wildman–Crippen MR) is 75.7 cm³/mol. The summed E-state index contributed by atoms with van der Waals surface area (Å²) in [5.74, 6) is -2.90. The van der Waals surface area contributed by atoms with Crippen LogP contribution in [-0.4, -0.2) is 48.3 Å². The molecule has 0 aliphatic rings. The van der Waals surface area contributed by atoms with E-state index in [9.17, 15) is 18.4 Å². The van der Waals surface area contributed by atoms with E-state index in [-0.39, 0.29) is 23.7 Å². The molecule has 5 nitrogen and oxygen atoms in total. The lowest BCUT2D eigenvalue weighted by atomic mass is 10.1. The summed E-state index contributed by atoms with van der Waals surface area (Å²) in [4.78, 5) is 26.6. The molecule has 0 aliphatic heterocycles. The number of amides is 2. The monoisotopic (exact) mass is 299 g/mol. The van der Waals surface area contributed by atoms with Gasteiger partial charge in [-0.25, -0.2) is 8.78 Å². The minimum absolute atomic E-state index is 0.183. The van der Waals surface area contributed by atoms with Gasteiger partial charge in [0.1, 0.15) is 11.6 Å². The third kappa shape index (κ3) is 3.90. The molecule has 116 valence electrons. The Morgan fingerprint density at radius 2 is 1.71 bits per heavy atom. The first kappa shape index (κ1) is 16.9. The Morgan fingerprint density at radius 1 is 1.14 bits per heavy atom. The third-order valence-corrected chi connectivity index (χ3v) is 3.15. The highest BCUT2D eigenvalue weighted by molar-refractivity contribution is 5.97. The van der Waals surface area contributed by atoms with Crippen LogP contribution in [0, 0.1) is 11.6 Å². The van der Waals surface area contributed by atoms with E-state index < -0.39 is 17.5 Å². The first-order valence-corrected chi connectivity index (χ1v) is 6.59. The molecule has 0 aliphatic carbocycles. The zero-order valence-corrected chi connectivity index (χ0v) is 12.3. The second kappa shape index (κ2) is 7.01. The average molecular weight is 299 g/mol. The number of nitrogens with zero attached hydrogens (tertiary/aromatic N) is 2. The van der Waals surface area contributed by atoms with Crippen LogP contribution in [-0.2, 0) is 4.79 Å². The minimum atomic E-state index is -1.01. The van der Waals surface area contributed by atoms with E-state index in [0.717, 1.165) is 11.0 Å². The van der Waals surface area contributed by atoms with Crippen molar-refractivity contribution in [2.75, 3.05) is 32.4 Å². The Labute approximate surface area is 122 Å². The maximum Gasteiger partial charge on any atom is 0.257 e. The van der Waals surface area contributed by atoms with Crippen LogP contribution in [0.2, 0.25) is 0 Å². The van der Waals surface area contributed by atoms with Gasteiger partial charge in [0.05, 0.1) is 17.8 Å². The summed E-state index contributed by atoms with van der Waals surface area (Å²) < 4.78 is 26.7. The van der Waals surface area contributed by atoms with E-state index in [0.29, 0.717) is 19.2 Å². The molecular formula is C14H19F2N3O2. The fraction of sp³-hybridized carbons (Fsp3) is 0.429. The summed E-state index contributed by atoms with van der Waals surface area (Å²) in [5, 5.41) is 0. The molecule has 0 saturated heterocycles. The quantitative estimate of drug-likeness (QED) is 0.838. The minimum Gasteiger partial charge on any atom is -0.396 e. The summed E-state index contributed by atoms with van der Waals surface area (Å²) in [6, 6.07) is 1.49. The summed E-state index contributed by atoms with van der Waals surface area (Å²) in [7, 11) is 1.38. The van der Waals surface area contributed by atoms with Crippen LogP contribution in [0.3, 0.4) is 0 Å². The summed E-state index contributed by atoms with van der Waals surface area (Å²) in [5.41, 5.74) is 4.66. The van der Waals surface area contributed by atoms with E-state index in [2.05, 4.69) is 0 Å². The number of carbonyl (C=O) groups is 2. The fourth-order valence-corrected chi connectivity index (χ4v) is 1.89. The van der Waals surface area contributed by atoms with Crippen molar-refractivity contribution in [3.8, 4) is 0 Å². The predicted octanol–water partition coefficient (Wildman–Crippen LogP) is 1.49. The number of halogens is 2. The number of hydrogen-bond donors (Lipinski definition) is 1. The van der Waals surface area contributed by atoms with E-state index >= 15 is 0 Å². The molecule has 0 radical (unpaired) electrons. The Morgan fingerprint density at radius 3 is 2.24 bits per heavy atom. The van der Waals surface area contributed by atoms with Gasteiger partial charge in [-0.3, -0.25) is 9.59 Å². The standard InChI is InChI=1S/C14H19F2N3O2/c1-4-19(5-2)13(20)8-18(3)14(21)9-6-12(17)11(16)7-10(9)15/h6-7H,4-5,8,17H2,1-3H3. The summed E-state index contributed by atoms with van der Waals surface area (Å²) in [6.45, 7) is 4.51. The lowest BCUT2D eigenvalue weighted by Crippen LogP contribution is -2.41. The second-order valence-corrected chi connectivity index (χ2v) is 4.58. The first-order chi connectivity index (χ1) is 9.81. The molecule has 0 saturated carbocycles. The van der Waals surface area contributed by atoms with E-state index in [1.165, 1.54) is 7.05 Å². The smallest absolute Gasteiger partial charge is 0.257 e. The van der Waals surface area contributed by atoms with Gasteiger partial charge in [-0.2, -0.15) is 0 Å². The molecule has 1 aromatic carbocycles. The van der Waals surface area contributed by atoms with Gasteiger partial charge in [-0.05, 0) is 19.9 Å². The third-order valence-electron chi connectivity index (χ3n) is 3.15. The highest BCUT2D eigenvalue weighted by Crippen LogP contribution is 2.18. The van der Waals surface area contributed by atoms with Crippen molar-refractivity contribution < 1.29 is 18.4 Å². The topological polar surface area (TPSA) is 66.6 Å². The van der Waals surface area contributed by atoms with Gasteiger partial charge in [0.15, 0.2) is 0 Å². The van der Waals surface area contributed by atoms with Gasteiger partial charge in [-0.15, -0.1) is 0 Å². The molecule has 0 spiro atoms. The SMILES string of the molecule is CCN(CC)C(=O)CN(C)C(=O)c1cc(N)c(F)cc1F. The number of hydrogen-bond acceptors (Lipinski definition) is 3. The van der Waals surface area contributed by atoms with Gasteiger partial charge >= 0.3 is 0 Å². The van der Waals surface area contributed by atoms with Gasteiger partial charge in [0, 0.05) is 26.2 Å². The normalized spacial score (nSPS) is 10.3. The molecule has 0 fully saturated rings.